The summed E-state index contributed by atoms with van der Waals surface area (Å²) >= 11 is 0. The first kappa shape index (κ1) is 22.6. The number of hydrogen-bond donors (Lipinski definition) is 4. The minimum atomic E-state index is -0.517. The maximum absolute atomic E-state index is 11.9. The largest absolute Gasteiger partial charge is 0.396 e. The Morgan fingerprint density at radius 1 is 1.09 bits per heavy atom. The van der Waals surface area contributed by atoms with Gasteiger partial charge in [0.1, 0.15) is 5.82 Å². The van der Waals surface area contributed by atoms with E-state index >= 15 is 0 Å². The molecule has 0 bridgehead atoms. The van der Waals surface area contributed by atoms with E-state index in [1.807, 2.05) is 48.5 Å². The van der Waals surface area contributed by atoms with Gasteiger partial charge in [-0.25, -0.2) is 4.98 Å². The molecule has 4 rings (SSSR count). The molecule has 1 aromatic heterocycles. The molecular formula is C26H31N5O2. The van der Waals surface area contributed by atoms with Gasteiger partial charge in [0.25, 0.3) is 5.91 Å². The van der Waals surface area contributed by atoms with E-state index in [1.165, 1.54) is 11.9 Å². The maximum Gasteiger partial charge on any atom is 0.252 e. The Kier molecular flexibility index (Phi) is 7.42. The molecule has 7 heteroatoms. The van der Waals surface area contributed by atoms with Crippen LogP contribution in [0.5, 0.6) is 0 Å². The smallest absolute Gasteiger partial charge is 0.252 e. The van der Waals surface area contributed by atoms with Gasteiger partial charge in [-0.3, -0.25) is 4.79 Å². The van der Waals surface area contributed by atoms with Crippen molar-refractivity contribution in [1.82, 2.24) is 4.98 Å². The maximum atomic E-state index is 11.9. The van der Waals surface area contributed by atoms with Crippen molar-refractivity contribution >= 4 is 28.8 Å². The molecule has 0 radical (unpaired) electrons. The molecule has 0 saturated carbocycles. The van der Waals surface area contributed by atoms with Gasteiger partial charge in [0.2, 0.25) is 0 Å². The molecule has 7 nitrogen and oxygen atoms in total. The van der Waals surface area contributed by atoms with Gasteiger partial charge in [0, 0.05) is 49.9 Å². The molecule has 1 amide bonds. The lowest BCUT2D eigenvalue weighted by Crippen LogP contribution is -2.33. The van der Waals surface area contributed by atoms with Crippen molar-refractivity contribution < 1.29 is 9.90 Å². The molecule has 5 N–H and O–H groups in total. The number of nitrogens with one attached hydrogen (secondary N) is 2. The topological polar surface area (TPSA) is 104 Å². The van der Waals surface area contributed by atoms with Gasteiger partial charge in [-0.2, -0.15) is 0 Å². The first-order valence-electron chi connectivity index (χ1n) is 11.4. The highest BCUT2D eigenvalue weighted by atomic mass is 16.3. The third-order valence-electron chi connectivity index (χ3n) is 6.15. The van der Waals surface area contributed by atoms with E-state index in [0.29, 0.717) is 29.5 Å². The van der Waals surface area contributed by atoms with Gasteiger partial charge in [-0.15, -0.1) is 0 Å². The Morgan fingerprint density at radius 2 is 1.82 bits per heavy atom. The first-order valence-corrected chi connectivity index (χ1v) is 11.4. The van der Waals surface area contributed by atoms with Crippen LogP contribution >= 0.6 is 0 Å². The van der Waals surface area contributed by atoms with E-state index in [2.05, 4.69) is 32.7 Å². The molecule has 0 atom stereocenters. The number of nitrogens with two attached hydrogens (primary N) is 1. The van der Waals surface area contributed by atoms with E-state index < -0.39 is 5.91 Å². The van der Waals surface area contributed by atoms with Crippen LogP contribution < -0.4 is 21.3 Å². The van der Waals surface area contributed by atoms with Gasteiger partial charge in [-0.05, 0) is 55.0 Å². The summed E-state index contributed by atoms with van der Waals surface area (Å²) in [7, 11) is 0. The summed E-state index contributed by atoms with van der Waals surface area (Å²) in [5, 5.41) is 15.8. The molecule has 0 unspecified atom stereocenters. The van der Waals surface area contributed by atoms with Crippen LogP contribution in [0.2, 0.25) is 0 Å². The van der Waals surface area contributed by atoms with E-state index in [1.54, 1.807) is 0 Å². The molecule has 0 spiro atoms. The average Bonchev–Trinajstić information content (AvgIpc) is 2.84. The van der Waals surface area contributed by atoms with Crippen molar-refractivity contribution in [3.63, 3.8) is 0 Å². The monoisotopic (exact) mass is 445 g/mol. The van der Waals surface area contributed by atoms with Gasteiger partial charge in [0.05, 0.1) is 11.3 Å². The lowest BCUT2D eigenvalue weighted by atomic mass is 9.93. The van der Waals surface area contributed by atoms with Crippen molar-refractivity contribution in [2.75, 3.05) is 35.2 Å². The number of anilines is 4. The molecule has 1 saturated heterocycles. The van der Waals surface area contributed by atoms with E-state index in [9.17, 15) is 4.79 Å². The third kappa shape index (κ3) is 6.02. The number of amides is 1. The molecule has 3 aromatic rings. The molecule has 0 aliphatic carbocycles. The van der Waals surface area contributed by atoms with Crippen LogP contribution in [0, 0.1) is 5.92 Å². The van der Waals surface area contributed by atoms with Crippen molar-refractivity contribution in [3.05, 3.63) is 78.0 Å². The second-order valence-corrected chi connectivity index (χ2v) is 8.43. The predicted molar refractivity (Wildman–Crippen MR) is 133 cm³/mol. The average molecular weight is 446 g/mol. The fourth-order valence-corrected chi connectivity index (χ4v) is 4.23. The Balaban J connectivity index is 1.41. The molecule has 1 fully saturated rings. The molecule has 1 aliphatic heterocycles. The summed E-state index contributed by atoms with van der Waals surface area (Å²) in [5.74, 6) is 0.746. The zero-order valence-corrected chi connectivity index (χ0v) is 18.7. The lowest BCUT2D eigenvalue weighted by molar-refractivity contribution is 0.100. The number of rotatable bonds is 9. The van der Waals surface area contributed by atoms with Gasteiger partial charge < -0.3 is 26.4 Å². The Morgan fingerprint density at radius 3 is 2.48 bits per heavy atom. The van der Waals surface area contributed by atoms with E-state index in [4.69, 9.17) is 10.8 Å². The van der Waals surface area contributed by atoms with Gasteiger partial charge in [0.15, 0.2) is 0 Å². The molecule has 2 heterocycles. The number of hydrogen-bond acceptors (Lipinski definition) is 6. The van der Waals surface area contributed by atoms with Crippen molar-refractivity contribution in [1.29, 1.82) is 0 Å². The summed E-state index contributed by atoms with van der Waals surface area (Å²) in [6.45, 7) is 2.89. The van der Waals surface area contributed by atoms with Crippen LogP contribution in [-0.4, -0.2) is 35.7 Å². The fraction of sp³-hybridized carbons (Fsp3) is 0.308. The van der Waals surface area contributed by atoms with Crippen LogP contribution in [-0.2, 0) is 6.54 Å². The molecule has 172 valence electrons. The molecule has 1 aliphatic rings. The Hall–Kier alpha value is -3.58. The lowest BCUT2D eigenvalue weighted by Gasteiger charge is -2.33. The Labute approximate surface area is 194 Å². The highest BCUT2D eigenvalue weighted by molar-refractivity contribution is 5.98. The van der Waals surface area contributed by atoms with Gasteiger partial charge in [-0.1, -0.05) is 30.3 Å². The summed E-state index contributed by atoms with van der Waals surface area (Å²) < 4.78 is 0. The zero-order chi connectivity index (χ0) is 23.0. The first-order chi connectivity index (χ1) is 16.1. The Bertz CT molecular complexity index is 1050. The summed E-state index contributed by atoms with van der Waals surface area (Å²) in [5.41, 5.74) is 9.77. The second-order valence-electron chi connectivity index (χ2n) is 8.43. The number of primary amides is 1. The number of carbonyl (C=O) groups excluding carboxylic acids is 1. The van der Waals surface area contributed by atoms with E-state index in [-0.39, 0.29) is 6.61 Å². The number of aromatic nitrogens is 1. The van der Waals surface area contributed by atoms with Crippen molar-refractivity contribution in [2.45, 2.75) is 25.8 Å². The third-order valence-corrected chi connectivity index (χ3v) is 6.15. The second kappa shape index (κ2) is 10.8. The standard InChI is InChI=1S/C26H31N5O2/c27-26(33)23-18-29-25(16-24(23)28-17-20-4-2-1-3-5-20)30-21-6-8-22(9-7-21)31-13-10-19(11-14-31)12-15-32/h1-9,16,18-19,32H,10-15,17H2,(H2,27,33)(H2,28,29,30). The van der Waals surface area contributed by atoms with Crippen LogP contribution in [0.3, 0.4) is 0 Å². The zero-order valence-electron chi connectivity index (χ0n) is 18.7. The highest BCUT2D eigenvalue weighted by Gasteiger charge is 2.19. The van der Waals surface area contributed by atoms with Crippen LogP contribution in [0.4, 0.5) is 22.9 Å². The number of aliphatic hydroxyl groups is 1. The normalized spacial score (nSPS) is 14.2. The minimum absolute atomic E-state index is 0.281. The minimum Gasteiger partial charge on any atom is -0.396 e. The SMILES string of the molecule is NC(=O)c1cnc(Nc2ccc(N3CCC(CCO)CC3)cc2)cc1NCc1ccccc1. The van der Waals surface area contributed by atoms with Crippen LogP contribution in [0.15, 0.2) is 66.9 Å². The molecule has 33 heavy (non-hydrogen) atoms. The number of piperidine rings is 1. The van der Waals surface area contributed by atoms with Crippen LogP contribution in [0.1, 0.15) is 35.2 Å². The quantitative estimate of drug-likeness (QED) is 0.395. The van der Waals surface area contributed by atoms with Crippen molar-refractivity contribution in [2.24, 2.45) is 11.7 Å². The number of aliphatic hydroxyl groups excluding tert-OH is 1. The number of benzene rings is 2. The number of carbonyl (C=O) groups is 1. The van der Waals surface area contributed by atoms with Crippen LogP contribution in [0.25, 0.3) is 0 Å². The summed E-state index contributed by atoms with van der Waals surface area (Å²) in [6.07, 6.45) is 4.65. The highest BCUT2D eigenvalue weighted by Crippen LogP contribution is 2.27. The number of pyridine rings is 1. The predicted octanol–water partition coefficient (Wildman–Crippen LogP) is 4.14. The number of nitrogens with zero attached hydrogens (tertiary/aromatic N) is 2. The van der Waals surface area contributed by atoms with Crippen molar-refractivity contribution in [3.8, 4) is 0 Å². The van der Waals surface area contributed by atoms with Gasteiger partial charge >= 0.3 is 0 Å². The molecule has 2 aromatic carbocycles. The summed E-state index contributed by atoms with van der Waals surface area (Å²) in [4.78, 5) is 18.6. The summed E-state index contributed by atoms with van der Waals surface area (Å²) in [6, 6.07) is 20.1. The molecular weight excluding hydrogens is 414 g/mol. The van der Waals surface area contributed by atoms with E-state index in [0.717, 1.165) is 43.6 Å². The fourth-order valence-electron chi connectivity index (χ4n) is 4.23.